The van der Waals surface area contributed by atoms with Gasteiger partial charge in [-0.1, -0.05) is 0 Å². The lowest BCUT2D eigenvalue weighted by Gasteiger charge is -1.97. The Bertz CT molecular complexity index is 121. The minimum absolute atomic E-state index is 0.384. The van der Waals surface area contributed by atoms with Gasteiger partial charge in [0.25, 0.3) is 0 Å². The largest absolute Gasteiger partial charge is 0.465 e. The van der Waals surface area contributed by atoms with E-state index < -0.39 is 16.9 Å². The number of nitrogens with one attached hydrogen (secondary N) is 1. The van der Waals surface area contributed by atoms with Crippen LogP contribution in [0.3, 0.4) is 0 Å². The van der Waals surface area contributed by atoms with Crippen LogP contribution in [-0.4, -0.2) is 34.0 Å². The first-order valence-corrected chi connectivity index (χ1v) is 4.62. The van der Waals surface area contributed by atoms with E-state index in [1.165, 1.54) is 0 Å². The van der Waals surface area contributed by atoms with E-state index in [0.29, 0.717) is 18.7 Å². The van der Waals surface area contributed by atoms with Crippen LogP contribution in [0.25, 0.3) is 0 Å². The molecule has 0 rings (SSSR count). The monoisotopic (exact) mass is 165 g/mol. The number of hydrogen-bond acceptors (Lipinski definition) is 2. The molecule has 0 bridgehead atoms. The van der Waals surface area contributed by atoms with Gasteiger partial charge in [-0.05, 0) is 6.42 Å². The summed E-state index contributed by atoms with van der Waals surface area (Å²) in [6.45, 7) is 0.384. The lowest BCUT2D eigenvalue weighted by molar-refractivity contribution is 0.194. The summed E-state index contributed by atoms with van der Waals surface area (Å²) in [5.41, 5.74) is 0. The molecular weight excluding hydrogens is 154 g/mol. The third-order valence-corrected chi connectivity index (χ3v) is 1.75. The molecule has 0 aliphatic rings. The van der Waals surface area contributed by atoms with Crippen molar-refractivity contribution in [2.24, 2.45) is 0 Å². The van der Waals surface area contributed by atoms with Crippen molar-refractivity contribution in [3.05, 3.63) is 0 Å². The van der Waals surface area contributed by atoms with Crippen LogP contribution >= 0.6 is 0 Å². The Morgan fingerprint density at radius 3 is 2.70 bits per heavy atom. The van der Waals surface area contributed by atoms with Gasteiger partial charge in [-0.15, -0.1) is 0 Å². The molecule has 5 heteroatoms. The molecule has 0 heterocycles. The molecule has 0 aromatic heterocycles. The lowest BCUT2D eigenvalue weighted by Crippen LogP contribution is -2.22. The fourth-order valence-electron chi connectivity index (χ4n) is 0.471. The number of rotatable bonds is 4. The van der Waals surface area contributed by atoms with Gasteiger partial charge in [-0.25, -0.2) is 4.79 Å². The Hall–Kier alpha value is -0.580. The SMILES string of the molecule is CS(=O)CCCNC(=O)O. The van der Waals surface area contributed by atoms with E-state index in [2.05, 4.69) is 5.32 Å². The fraction of sp³-hybridized carbons (Fsp3) is 0.800. The zero-order valence-electron chi connectivity index (χ0n) is 5.79. The highest BCUT2D eigenvalue weighted by molar-refractivity contribution is 7.84. The van der Waals surface area contributed by atoms with Gasteiger partial charge < -0.3 is 10.4 Å². The lowest BCUT2D eigenvalue weighted by atomic mass is 10.5. The third-order valence-electron chi connectivity index (χ3n) is 0.885. The van der Waals surface area contributed by atoms with E-state index in [9.17, 15) is 9.00 Å². The predicted molar refractivity (Wildman–Crippen MR) is 39.6 cm³/mol. The quantitative estimate of drug-likeness (QED) is 0.577. The molecule has 0 aliphatic carbocycles. The first-order chi connectivity index (χ1) is 4.63. The van der Waals surface area contributed by atoms with Crippen molar-refractivity contribution < 1.29 is 14.1 Å². The summed E-state index contributed by atoms with van der Waals surface area (Å²) in [6.07, 6.45) is 1.21. The van der Waals surface area contributed by atoms with Gasteiger partial charge in [-0.2, -0.15) is 0 Å². The van der Waals surface area contributed by atoms with E-state index in [1.807, 2.05) is 0 Å². The first kappa shape index (κ1) is 9.42. The minimum atomic E-state index is -1.03. The maximum atomic E-state index is 10.4. The number of amides is 1. The van der Waals surface area contributed by atoms with E-state index in [4.69, 9.17) is 5.11 Å². The summed E-state index contributed by atoms with van der Waals surface area (Å²) in [5, 5.41) is 10.3. The second kappa shape index (κ2) is 5.22. The Kier molecular flexibility index (Phi) is 4.92. The molecule has 0 aliphatic heterocycles. The molecule has 1 unspecified atom stereocenters. The van der Waals surface area contributed by atoms with Gasteiger partial charge in [0.05, 0.1) is 0 Å². The molecule has 60 valence electrons. The Balaban J connectivity index is 3.06. The van der Waals surface area contributed by atoms with E-state index in [1.54, 1.807) is 6.26 Å². The molecule has 0 radical (unpaired) electrons. The fourth-order valence-corrected chi connectivity index (χ4v) is 1.02. The van der Waals surface area contributed by atoms with E-state index >= 15 is 0 Å². The number of carboxylic acid groups (broad SMARTS) is 1. The van der Waals surface area contributed by atoms with Gasteiger partial charge >= 0.3 is 6.09 Å². The molecule has 0 spiro atoms. The zero-order valence-corrected chi connectivity index (χ0v) is 6.61. The summed E-state index contributed by atoms with van der Waals surface area (Å²) >= 11 is 0. The van der Waals surface area contributed by atoms with Crippen molar-refractivity contribution >= 4 is 16.9 Å². The van der Waals surface area contributed by atoms with Crippen LogP contribution in [0.4, 0.5) is 4.79 Å². The molecule has 4 nitrogen and oxygen atoms in total. The molecule has 10 heavy (non-hydrogen) atoms. The van der Waals surface area contributed by atoms with Crippen molar-refractivity contribution in [1.82, 2.24) is 5.32 Å². The summed E-state index contributed by atoms with van der Waals surface area (Å²) in [5.74, 6) is 0.556. The zero-order chi connectivity index (χ0) is 7.98. The van der Waals surface area contributed by atoms with Crippen LogP contribution in [0.2, 0.25) is 0 Å². The van der Waals surface area contributed by atoms with Crippen LogP contribution in [0.1, 0.15) is 6.42 Å². The maximum Gasteiger partial charge on any atom is 0.404 e. The topological polar surface area (TPSA) is 66.4 Å². The Morgan fingerprint density at radius 1 is 1.70 bits per heavy atom. The van der Waals surface area contributed by atoms with Gasteiger partial charge in [0.15, 0.2) is 0 Å². The molecular formula is C5H11NO3S. The second-order valence-electron chi connectivity index (χ2n) is 1.86. The highest BCUT2D eigenvalue weighted by Crippen LogP contribution is 1.80. The van der Waals surface area contributed by atoms with Crippen molar-refractivity contribution in [3.8, 4) is 0 Å². The average molecular weight is 165 g/mol. The first-order valence-electron chi connectivity index (χ1n) is 2.89. The Morgan fingerprint density at radius 2 is 2.30 bits per heavy atom. The number of carbonyl (C=O) groups is 1. The van der Waals surface area contributed by atoms with Crippen molar-refractivity contribution in [1.29, 1.82) is 0 Å². The molecule has 0 aromatic carbocycles. The molecule has 2 N–H and O–H groups in total. The minimum Gasteiger partial charge on any atom is -0.465 e. The van der Waals surface area contributed by atoms with Gasteiger partial charge in [0, 0.05) is 29.4 Å². The van der Waals surface area contributed by atoms with Crippen molar-refractivity contribution in [2.75, 3.05) is 18.6 Å². The van der Waals surface area contributed by atoms with Crippen LogP contribution in [0, 0.1) is 0 Å². The molecule has 1 amide bonds. The van der Waals surface area contributed by atoms with Crippen molar-refractivity contribution in [3.63, 3.8) is 0 Å². The summed E-state index contributed by atoms with van der Waals surface area (Å²) in [7, 11) is -0.813. The molecule has 0 aromatic rings. The second-order valence-corrected chi connectivity index (χ2v) is 3.42. The molecule has 0 saturated carbocycles. The molecule has 1 atom stereocenters. The highest BCUT2D eigenvalue weighted by Gasteiger charge is 1.93. The van der Waals surface area contributed by atoms with Gasteiger partial charge in [0.2, 0.25) is 0 Å². The smallest absolute Gasteiger partial charge is 0.404 e. The van der Waals surface area contributed by atoms with Crippen LogP contribution in [0.5, 0.6) is 0 Å². The molecule has 0 saturated heterocycles. The number of hydrogen-bond donors (Lipinski definition) is 2. The average Bonchev–Trinajstić information content (AvgIpc) is 1.79. The van der Waals surface area contributed by atoms with Crippen LogP contribution < -0.4 is 5.32 Å². The van der Waals surface area contributed by atoms with Gasteiger partial charge in [0.1, 0.15) is 0 Å². The summed E-state index contributed by atoms with van der Waals surface area (Å²) in [6, 6.07) is 0. The summed E-state index contributed by atoms with van der Waals surface area (Å²) < 4.78 is 10.4. The van der Waals surface area contributed by atoms with Gasteiger partial charge in [-0.3, -0.25) is 4.21 Å². The highest BCUT2D eigenvalue weighted by atomic mass is 32.2. The summed E-state index contributed by atoms with van der Waals surface area (Å²) in [4.78, 5) is 9.86. The van der Waals surface area contributed by atoms with Crippen molar-refractivity contribution in [2.45, 2.75) is 6.42 Å². The van der Waals surface area contributed by atoms with E-state index in [0.717, 1.165) is 0 Å². The molecule has 0 fully saturated rings. The van der Waals surface area contributed by atoms with Crippen LogP contribution in [-0.2, 0) is 10.8 Å². The van der Waals surface area contributed by atoms with Crippen LogP contribution in [0.15, 0.2) is 0 Å². The normalized spacial score (nSPS) is 12.5. The maximum absolute atomic E-state index is 10.4. The third kappa shape index (κ3) is 7.42. The predicted octanol–water partition coefficient (Wildman–Crippen LogP) is 0.0226. The standard InChI is InChI=1S/C5H11NO3S/c1-10(9)4-2-3-6-5(7)8/h6H,2-4H2,1H3,(H,7,8). The van der Waals surface area contributed by atoms with E-state index in [-0.39, 0.29) is 0 Å². The Labute approximate surface area is 62.1 Å².